The Bertz CT molecular complexity index is 729. The lowest BCUT2D eigenvalue weighted by atomic mass is 10.1. The molecule has 3 rings (SSSR count). The zero-order valence-corrected chi connectivity index (χ0v) is 12.3. The molecular weight excluding hydrogens is 294 g/mol. The van der Waals surface area contributed by atoms with Gasteiger partial charge >= 0.3 is 5.97 Å². The summed E-state index contributed by atoms with van der Waals surface area (Å²) in [4.78, 5) is 29.3. The van der Waals surface area contributed by atoms with Crippen molar-refractivity contribution in [1.29, 1.82) is 0 Å². The molecule has 1 saturated heterocycles. The van der Waals surface area contributed by atoms with Crippen LogP contribution >= 0.6 is 11.8 Å². The summed E-state index contributed by atoms with van der Waals surface area (Å²) in [5.41, 5.74) is 1.35. The first kappa shape index (κ1) is 13.9. The molecule has 2 unspecified atom stereocenters. The Labute approximate surface area is 124 Å². The van der Waals surface area contributed by atoms with Gasteiger partial charge in [-0.1, -0.05) is 5.16 Å². The summed E-state index contributed by atoms with van der Waals surface area (Å²) in [7, 11) is 0. The molecule has 1 aliphatic heterocycles. The first-order chi connectivity index (χ1) is 9.99. The lowest BCUT2D eigenvalue weighted by Gasteiger charge is -2.24. The van der Waals surface area contributed by atoms with E-state index < -0.39 is 12.0 Å². The fourth-order valence-corrected chi connectivity index (χ4v) is 3.52. The molecule has 2 aromatic rings. The molecule has 110 valence electrons. The van der Waals surface area contributed by atoms with Crippen LogP contribution in [-0.4, -0.2) is 49.2 Å². The van der Waals surface area contributed by atoms with E-state index in [1.807, 2.05) is 6.92 Å². The molecule has 0 radical (unpaired) electrons. The number of rotatable bonds is 2. The highest BCUT2D eigenvalue weighted by Crippen LogP contribution is 2.30. The smallest absolute Gasteiger partial charge is 0.327 e. The number of hydrogen-bond donors (Lipinski definition) is 1. The SMILES string of the molecule is Cc1noc2ncc(C(=O)N3C(C)SCC3C(=O)O)cc12. The molecule has 3 heterocycles. The normalized spacial score (nSPS) is 21.9. The van der Waals surface area contributed by atoms with E-state index in [0.717, 1.165) is 0 Å². The summed E-state index contributed by atoms with van der Waals surface area (Å²) in [6.07, 6.45) is 1.39. The molecule has 1 amide bonds. The summed E-state index contributed by atoms with van der Waals surface area (Å²) in [5, 5.41) is 13.5. The summed E-state index contributed by atoms with van der Waals surface area (Å²) < 4.78 is 5.01. The highest BCUT2D eigenvalue weighted by molar-refractivity contribution is 8.00. The molecule has 0 bridgehead atoms. The molecule has 0 aromatic carbocycles. The van der Waals surface area contributed by atoms with Gasteiger partial charge in [-0.25, -0.2) is 9.78 Å². The molecule has 0 spiro atoms. The number of aryl methyl sites for hydroxylation is 1. The van der Waals surface area contributed by atoms with Crippen molar-refractivity contribution in [2.75, 3.05) is 5.75 Å². The van der Waals surface area contributed by atoms with Crippen molar-refractivity contribution in [3.8, 4) is 0 Å². The number of aliphatic carboxylic acids is 1. The van der Waals surface area contributed by atoms with Crippen LogP contribution in [0.5, 0.6) is 0 Å². The van der Waals surface area contributed by atoms with Crippen molar-refractivity contribution in [3.63, 3.8) is 0 Å². The van der Waals surface area contributed by atoms with Gasteiger partial charge in [-0.15, -0.1) is 11.8 Å². The van der Waals surface area contributed by atoms with Gasteiger partial charge < -0.3 is 14.5 Å². The van der Waals surface area contributed by atoms with E-state index in [1.165, 1.54) is 22.9 Å². The number of thioether (sulfide) groups is 1. The Morgan fingerprint density at radius 1 is 1.52 bits per heavy atom. The van der Waals surface area contributed by atoms with Gasteiger partial charge in [0.1, 0.15) is 6.04 Å². The fourth-order valence-electron chi connectivity index (χ4n) is 2.35. The number of hydrogen-bond acceptors (Lipinski definition) is 6. The highest BCUT2D eigenvalue weighted by atomic mass is 32.2. The van der Waals surface area contributed by atoms with Crippen LogP contribution < -0.4 is 0 Å². The average Bonchev–Trinajstić information content (AvgIpc) is 3.02. The number of aromatic nitrogens is 2. The molecule has 8 heteroatoms. The molecule has 21 heavy (non-hydrogen) atoms. The molecule has 7 nitrogen and oxygen atoms in total. The average molecular weight is 307 g/mol. The Morgan fingerprint density at radius 2 is 2.29 bits per heavy atom. The fraction of sp³-hybridized carbons (Fsp3) is 0.385. The van der Waals surface area contributed by atoms with Crippen LogP contribution in [-0.2, 0) is 4.79 Å². The lowest BCUT2D eigenvalue weighted by molar-refractivity contribution is -0.141. The predicted octanol–water partition coefficient (Wildman–Crippen LogP) is 1.52. The van der Waals surface area contributed by atoms with Crippen molar-refractivity contribution in [2.45, 2.75) is 25.3 Å². The predicted molar refractivity (Wildman–Crippen MR) is 76.1 cm³/mol. The van der Waals surface area contributed by atoms with Crippen LogP contribution in [0.15, 0.2) is 16.8 Å². The quantitative estimate of drug-likeness (QED) is 0.898. The van der Waals surface area contributed by atoms with Gasteiger partial charge in [0, 0.05) is 11.9 Å². The van der Waals surface area contributed by atoms with E-state index in [4.69, 9.17) is 4.52 Å². The van der Waals surface area contributed by atoms with Crippen molar-refractivity contribution in [1.82, 2.24) is 15.0 Å². The monoisotopic (exact) mass is 307 g/mol. The van der Waals surface area contributed by atoms with Crippen molar-refractivity contribution in [3.05, 3.63) is 23.5 Å². The van der Waals surface area contributed by atoms with E-state index in [-0.39, 0.29) is 11.3 Å². The number of pyridine rings is 1. The number of carbonyl (C=O) groups is 2. The molecule has 2 atom stereocenters. The number of carboxylic acids is 1. The summed E-state index contributed by atoms with van der Waals surface area (Å²) >= 11 is 1.45. The zero-order valence-electron chi connectivity index (χ0n) is 11.4. The number of nitrogens with zero attached hydrogens (tertiary/aromatic N) is 3. The number of fused-ring (bicyclic) bond motifs is 1. The third-order valence-corrected chi connectivity index (χ3v) is 4.72. The van der Waals surface area contributed by atoms with Gasteiger partial charge in [-0.3, -0.25) is 4.79 Å². The molecule has 1 aliphatic rings. The Hall–Kier alpha value is -2.09. The molecule has 1 fully saturated rings. The molecule has 1 N–H and O–H groups in total. The number of carboxylic acid groups (broad SMARTS) is 1. The summed E-state index contributed by atoms with van der Waals surface area (Å²) in [6, 6.07) is 0.835. The topological polar surface area (TPSA) is 96.5 Å². The van der Waals surface area contributed by atoms with Crippen LogP contribution in [0.3, 0.4) is 0 Å². The zero-order chi connectivity index (χ0) is 15.1. The van der Waals surface area contributed by atoms with Gasteiger partial charge in [0.25, 0.3) is 11.6 Å². The second kappa shape index (κ2) is 5.03. The first-order valence-corrected chi connectivity index (χ1v) is 7.43. The molecule has 0 aliphatic carbocycles. The summed E-state index contributed by atoms with van der Waals surface area (Å²) in [6.45, 7) is 3.58. The van der Waals surface area contributed by atoms with Gasteiger partial charge in [0.05, 0.1) is 22.0 Å². The van der Waals surface area contributed by atoms with E-state index in [1.54, 1.807) is 13.0 Å². The van der Waals surface area contributed by atoms with Crippen molar-refractivity contribution >= 4 is 34.7 Å². The minimum absolute atomic E-state index is 0.183. The van der Waals surface area contributed by atoms with Crippen LogP contribution in [0.2, 0.25) is 0 Å². The third-order valence-electron chi connectivity index (χ3n) is 3.50. The van der Waals surface area contributed by atoms with E-state index >= 15 is 0 Å². The largest absolute Gasteiger partial charge is 0.480 e. The van der Waals surface area contributed by atoms with Crippen LogP contribution in [0.4, 0.5) is 0 Å². The first-order valence-electron chi connectivity index (χ1n) is 6.38. The molecular formula is C13H13N3O4S. The minimum atomic E-state index is -0.990. The van der Waals surface area contributed by atoms with E-state index in [2.05, 4.69) is 10.1 Å². The van der Waals surface area contributed by atoms with Gasteiger partial charge in [-0.2, -0.15) is 0 Å². The van der Waals surface area contributed by atoms with Crippen molar-refractivity contribution < 1.29 is 19.2 Å². The Balaban J connectivity index is 1.99. The van der Waals surface area contributed by atoms with E-state index in [9.17, 15) is 14.7 Å². The minimum Gasteiger partial charge on any atom is -0.480 e. The molecule has 0 saturated carbocycles. The van der Waals surface area contributed by atoms with Gasteiger partial charge in [0.15, 0.2) is 0 Å². The maximum Gasteiger partial charge on any atom is 0.327 e. The Kier molecular flexibility index (Phi) is 3.32. The standard InChI is InChI=1S/C13H13N3O4S/c1-6-9-3-8(4-14-11(9)20-15-6)12(17)16-7(2)21-5-10(16)13(18)19/h3-4,7,10H,5H2,1-2H3,(H,18,19). The van der Waals surface area contributed by atoms with Gasteiger partial charge in [0.2, 0.25) is 0 Å². The van der Waals surface area contributed by atoms with E-state index in [0.29, 0.717) is 28.1 Å². The van der Waals surface area contributed by atoms with Crippen LogP contribution in [0, 0.1) is 6.92 Å². The van der Waals surface area contributed by atoms with Crippen LogP contribution in [0.1, 0.15) is 23.0 Å². The number of carbonyl (C=O) groups excluding carboxylic acids is 1. The number of amides is 1. The van der Waals surface area contributed by atoms with Gasteiger partial charge in [-0.05, 0) is 19.9 Å². The second-order valence-corrected chi connectivity index (χ2v) is 6.19. The lowest BCUT2D eigenvalue weighted by Crippen LogP contribution is -2.44. The van der Waals surface area contributed by atoms with Crippen LogP contribution in [0.25, 0.3) is 11.1 Å². The second-order valence-electron chi connectivity index (χ2n) is 4.84. The summed E-state index contributed by atoms with van der Waals surface area (Å²) in [5.74, 6) is -0.935. The Morgan fingerprint density at radius 3 is 3.00 bits per heavy atom. The third kappa shape index (κ3) is 2.25. The molecule has 2 aromatic heterocycles. The highest BCUT2D eigenvalue weighted by Gasteiger charge is 2.40. The maximum absolute atomic E-state index is 12.6. The maximum atomic E-state index is 12.6. The van der Waals surface area contributed by atoms with Crippen molar-refractivity contribution in [2.24, 2.45) is 0 Å².